The second kappa shape index (κ2) is 5.66. The molecule has 0 radical (unpaired) electrons. The van der Waals surface area contributed by atoms with Crippen LogP contribution in [0.5, 0.6) is 0 Å². The fraction of sp³-hybridized carbons (Fsp3) is 0.600. The van der Waals surface area contributed by atoms with Crippen LogP contribution >= 0.6 is 12.2 Å². The maximum absolute atomic E-state index is 5.85. The number of anilines is 1. The number of likely N-dealkylation sites (N-methyl/N-ethyl adjacent to an activating group) is 1. The summed E-state index contributed by atoms with van der Waals surface area (Å²) >= 11 is 5.17. The lowest BCUT2D eigenvalue weighted by Crippen LogP contribution is -2.54. The van der Waals surface area contributed by atoms with Crippen molar-refractivity contribution >= 4 is 22.9 Å². The number of thiocarbonyl (C=S) groups is 1. The Morgan fingerprint density at radius 1 is 1.45 bits per heavy atom. The van der Waals surface area contributed by atoms with Crippen molar-refractivity contribution in [1.82, 2.24) is 9.88 Å². The molecule has 0 amide bonds. The molecule has 2 rings (SSSR count). The van der Waals surface area contributed by atoms with Crippen molar-refractivity contribution in [3.05, 3.63) is 23.0 Å². The number of pyridine rings is 1. The summed E-state index contributed by atoms with van der Waals surface area (Å²) in [6.07, 6.45) is 3.77. The Morgan fingerprint density at radius 2 is 2.10 bits per heavy atom. The van der Waals surface area contributed by atoms with Gasteiger partial charge in [-0.05, 0) is 53.3 Å². The van der Waals surface area contributed by atoms with Gasteiger partial charge in [-0.2, -0.15) is 0 Å². The van der Waals surface area contributed by atoms with Crippen molar-refractivity contribution in [3.8, 4) is 0 Å². The number of aryl methyl sites for hydroxylation is 2. The molecule has 1 fully saturated rings. The summed E-state index contributed by atoms with van der Waals surface area (Å²) in [6, 6.07) is 2.03. The molecule has 0 aromatic carbocycles. The van der Waals surface area contributed by atoms with E-state index in [-0.39, 0.29) is 5.54 Å². The van der Waals surface area contributed by atoms with Gasteiger partial charge in [-0.3, -0.25) is 4.98 Å². The van der Waals surface area contributed by atoms with Crippen LogP contribution in [-0.2, 0) is 0 Å². The largest absolute Gasteiger partial charge is 0.389 e. The smallest absolute Gasteiger partial charge is 0.107 e. The Labute approximate surface area is 126 Å². The van der Waals surface area contributed by atoms with Crippen LogP contribution < -0.4 is 11.1 Å². The Morgan fingerprint density at radius 3 is 2.55 bits per heavy atom. The van der Waals surface area contributed by atoms with E-state index in [1.807, 2.05) is 19.9 Å². The fourth-order valence-electron chi connectivity index (χ4n) is 2.91. The minimum absolute atomic E-state index is 0.262. The molecule has 0 saturated heterocycles. The molecule has 0 atom stereocenters. The molecule has 20 heavy (non-hydrogen) atoms. The van der Waals surface area contributed by atoms with E-state index in [4.69, 9.17) is 18.0 Å². The molecule has 1 aromatic rings. The number of hydrogen-bond donors (Lipinski definition) is 2. The van der Waals surface area contributed by atoms with Gasteiger partial charge in [0.05, 0.1) is 5.56 Å². The first kappa shape index (κ1) is 15.2. The van der Waals surface area contributed by atoms with Gasteiger partial charge in [0.2, 0.25) is 0 Å². The highest BCUT2D eigenvalue weighted by Gasteiger charge is 2.38. The summed E-state index contributed by atoms with van der Waals surface area (Å²) in [5, 5.41) is 3.55. The third-order valence-corrected chi connectivity index (χ3v) is 4.62. The van der Waals surface area contributed by atoms with E-state index in [0.717, 1.165) is 29.2 Å². The summed E-state index contributed by atoms with van der Waals surface area (Å²) in [5.41, 5.74) is 9.88. The highest BCUT2D eigenvalue weighted by atomic mass is 32.1. The molecule has 0 unspecified atom stereocenters. The van der Waals surface area contributed by atoms with Crippen molar-refractivity contribution in [1.29, 1.82) is 0 Å². The lowest BCUT2D eigenvalue weighted by molar-refractivity contribution is 0.0739. The zero-order valence-corrected chi connectivity index (χ0v) is 13.6. The van der Waals surface area contributed by atoms with Crippen molar-refractivity contribution in [2.45, 2.75) is 38.6 Å². The normalized spacial score (nSPS) is 16.9. The first-order valence-corrected chi connectivity index (χ1v) is 7.46. The van der Waals surface area contributed by atoms with E-state index >= 15 is 0 Å². The fourth-order valence-corrected chi connectivity index (χ4v) is 3.16. The summed E-state index contributed by atoms with van der Waals surface area (Å²) in [6.45, 7) is 4.86. The first-order valence-electron chi connectivity index (χ1n) is 7.05. The Balaban J connectivity index is 2.23. The summed E-state index contributed by atoms with van der Waals surface area (Å²) in [7, 11) is 4.30. The predicted octanol–water partition coefficient (Wildman–Crippen LogP) is 2.23. The molecule has 1 aliphatic rings. The molecule has 1 heterocycles. The van der Waals surface area contributed by atoms with Crippen LogP contribution in [0.25, 0.3) is 0 Å². The zero-order chi connectivity index (χ0) is 14.9. The number of hydrogen-bond acceptors (Lipinski definition) is 4. The van der Waals surface area contributed by atoms with Gasteiger partial charge in [0.15, 0.2) is 0 Å². The van der Waals surface area contributed by atoms with E-state index < -0.39 is 0 Å². The second-order valence-corrected chi connectivity index (χ2v) is 6.40. The Bertz CT molecular complexity index is 521. The first-order chi connectivity index (χ1) is 9.35. The van der Waals surface area contributed by atoms with Crippen LogP contribution in [0.4, 0.5) is 5.69 Å². The van der Waals surface area contributed by atoms with Gasteiger partial charge >= 0.3 is 0 Å². The Hall–Kier alpha value is -1.20. The highest BCUT2D eigenvalue weighted by molar-refractivity contribution is 7.80. The molecule has 0 bridgehead atoms. The van der Waals surface area contributed by atoms with Gasteiger partial charge in [-0.15, -0.1) is 0 Å². The van der Waals surface area contributed by atoms with Gasteiger partial charge in [-0.25, -0.2) is 0 Å². The maximum atomic E-state index is 5.85. The van der Waals surface area contributed by atoms with Crippen LogP contribution in [0, 0.1) is 13.8 Å². The number of rotatable bonds is 5. The molecular weight excluding hydrogens is 268 g/mol. The lowest BCUT2D eigenvalue weighted by atomic mass is 9.75. The minimum Gasteiger partial charge on any atom is -0.389 e. The monoisotopic (exact) mass is 292 g/mol. The van der Waals surface area contributed by atoms with Crippen LogP contribution in [0.15, 0.2) is 6.07 Å². The van der Waals surface area contributed by atoms with Crippen molar-refractivity contribution in [2.75, 3.05) is 26.0 Å². The number of nitrogens with two attached hydrogens (primary N) is 1. The molecular formula is C15H24N4S. The predicted molar refractivity (Wildman–Crippen MR) is 88.4 cm³/mol. The molecule has 1 saturated carbocycles. The molecule has 110 valence electrons. The van der Waals surface area contributed by atoms with Crippen LogP contribution in [-0.4, -0.2) is 41.1 Å². The molecule has 3 N–H and O–H groups in total. The maximum Gasteiger partial charge on any atom is 0.107 e. The van der Waals surface area contributed by atoms with Gasteiger partial charge in [0.1, 0.15) is 4.99 Å². The zero-order valence-electron chi connectivity index (χ0n) is 12.8. The van der Waals surface area contributed by atoms with E-state index in [1.54, 1.807) is 0 Å². The summed E-state index contributed by atoms with van der Waals surface area (Å²) in [4.78, 5) is 7.18. The average Bonchev–Trinajstić information content (AvgIpc) is 2.25. The van der Waals surface area contributed by atoms with E-state index in [2.05, 4.69) is 29.3 Å². The molecule has 4 nitrogen and oxygen atoms in total. The molecule has 1 aliphatic carbocycles. The third-order valence-electron chi connectivity index (χ3n) is 4.42. The third kappa shape index (κ3) is 2.79. The van der Waals surface area contributed by atoms with Gasteiger partial charge in [-0.1, -0.05) is 12.2 Å². The van der Waals surface area contributed by atoms with Crippen molar-refractivity contribution < 1.29 is 0 Å². The standard InChI is InChI=1S/C15H24N4S/c1-10-8-12(13(14(16)20)11(2)18-10)17-9-15(19(3)4)6-5-7-15/h8H,5-7,9H2,1-4H3,(H2,16,20)(H,17,18). The van der Waals surface area contributed by atoms with Crippen molar-refractivity contribution in [2.24, 2.45) is 5.73 Å². The SMILES string of the molecule is Cc1cc(NCC2(N(C)C)CCC2)c(C(N)=S)c(C)n1. The second-order valence-electron chi connectivity index (χ2n) is 5.96. The van der Waals surface area contributed by atoms with Crippen LogP contribution in [0.3, 0.4) is 0 Å². The Kier molecular flexibility index (Phi) is 4.30. The molecule has 0 spiro atoms. The lowest BCUT2D eigenvalue weighted by Gasteiger charge is -2.47. The summed E-state index contributed by atoms with van der Waals surface area (Å²) in [5.74, 6) is 0. The minimum atomic E-state index is 0.262. The molecule has 1 aromatic heterocycles. The average molecular weight is 292 g/mol. The van der Waals surface area contributed by atoms with Crippen molar-refractivity contribution in [3.63, 3.8) is 0 Å². The number of nitrogens with zero attached hydrogens (tertiary/aromatic N) is 2. The molecule has 0 aliphatic heterocycles. The molecule has 5 heteroatoms. The van der Waals surface area contributed by atoms with Gasteiger partial charge in [0.25, 0.3) is 0 Å². The highest BCUT2D eigenvalue weighted by Crippen LogP contribution is 2.36. The number of aromatic nitrogens is 1. The van der Waals surface area contributed by atoms with Gasteiger partial charge < -0.3 is 16.0 Å². The van der Waals surface area contributed by atoms with Crippen LogP contribution in [0.1, 0.15) is 36.2 Å². The van der Waals surface area contributed by atoms with Crippen LogP contribution in [0.2, 0.25) is 0 Å². The van der Waals surface area contributed by atoms with E-state index in [9.17, 15) is 0 Å². The topological polar surface area (TPSA) is 54.2 Å². The van der Waals surface area contributed by atoms with E-state index in [0.29, 0.717) is 4.99 Å². The van der Waals surface area contributed by atoms with E-state index in [1.165, 1.54) is 19.3 Å². The number of nitrogens with one attached hydrogen (secondary N) is 1. The summed E-state index contributed by atoms with van der Waals surface area (Å²) < 4.78 is 0. The van der Waals surface area contributed by atoms with Gasteiger partial charge in [0, 0.05) is 29.2 Å². The quantitative estimate of drug-likeness (QED) is 0.815.